The minimum atomic E-state index is -2.01. The number of hydrogen-bond donors (Lipinski definition) is 0. The Morgan fingerprint density at radius 2 is 0.889 bits per heavy atom. The number of esters is 3. The Labute approximate surface area is 164 Å². The summed E-state index contributed by atoms with van der Waals surface area (Å²) in [5.74, 6) is -2.51. The molecule has 0 aliphatic rings. The first-order valence-corrected chi connectivity index (χ1v) is 10.5. The van der Waals surface area contributed by atoms with Gasteiger partial charge >= 0.3 is 17.9 Å². The second-order valence-corrected chi connectivity index (χ2v) is 6.83. The lowest BCUT2D eigenvalue weighted by Gasteiger charge is -2.27. The van der Waals surface area contributed by atoms with Crippen molar-refractivity contribution in [1.82, 2.24) is 0 Å². The predicted octanol–water partition coefficient (Wildman–Crippen LogP) is 4.58. The lowest BCUT2D eigenvalue weighted by atomic mass is 9.82. The number of carbonyl (C=O) groups excluding carboxylic acids is 3. The molecule has 27 heavy (non-hydrogen) atoms. The van der Waals surface area contributed by atoms with Gasteiger partial charge in [-0.2, -0.15) is 0 Å². The van der Waals surface area contributed by atoms with E-state index in [-0.39, 0.29) is 26.2 Å². The standard InChI is InChI=1S/C21H38O6/c1-5-9-13-14-21(18(22)25-15-10-6-2,19(23)26-16-11-7-3)20(24)27-17-12-8-4/h5-17H2,1-4H3. The average Bonchev–Trinajstić information content (AvgIpc) is 2.65. The molecule has 0 aromatic rings. The zero-order valence-electron chi connectivity index (χ0n) is 17.6. The fourth-order valence-electron chi connectivity index (χ4n) is 2.49. The molecule has 0 N–H and O–H groups in total. The molecule has 158 valence electrons. The highest BCUT2D eigenvalue weighted by Crippen LogP contribution is 2.31. The molecule has 6 heteroatoms. The minimum Gasteiger partial charge on any atom is -0.464 e. The minimum absolute atomic E-state index is 0.0573. The molecule has 0 bridgehead atoms. The summed E-state index contributed by atoms with van der Waals surface area (Å²) >= 11 is 0. The smallest absolute Gasteiger partial charge is 0.335 e. The second-order valence-electron chi connectivity index (χ2n) is 6.83. The Balaban J connectivity index is 5.53. The van der Waals surface area contributed by atoms with Gasteiger partial charge in [-0.05, 0) is 25.7 Å². The van der Waals surface area contributed by atoms with Crippen molar-refractivity contribution in [1.29, 1.82) is 0 Å². The Morgan fingerprint density at radius 1 is 0.556 bits per heavy atom. The first-order valence-electron chi connectivity index (χ1n) is 10.5. The molecule has 0 aliphatic heterocycles. The lowest BCUT2D eigenvalue weighted by Crippen LogP contribution is -2.49. The largest absolute Gasteiger partial charge is 0.464 e. The van der Waals surface area contributed by atoms with Crippen molar-refractivity contribution in [2.24, 2.45) is 5.41 Å². The molecule has 0 amide bonds. The highest BCUT2D eigenvalue weighted by molar-refractivity contribution is 6.17. The van der Waals surface area contributed by atoms with Crippen LogP contribution in [0.15, 0.2) is 0 Å². The van der Waals surface area contributed by atoms with Gasteiger partial charge in [0.15, 0.2) is 0 Å². The van der Waals surface area contributed by atoms with Gasteiger partial charge in [0.25, 0.3) is 5.41 Å². The molecule has 0 unspecified atom stereocenters. The zero-order valence-corrected chi connectivity index (χ0v) is 17.6. The van der Waals surface area contributed by atoms with E-state index in [1.807, 2.05) is 27.7 Å². The number of unbranched alkanes of at least 4 members (excludes halogenated alkanes) is 5. The summed E-state index contributed by atoms with van der Waals surface area (Å²) < 4.78 is 15.9. The lowest BCUT2D eigenvalue weighted by molar-refractivity contribution is -0.185. The molecule has 0 atom stereocenters. The zero-order chi connectivity index (χ0) is 20.5. The summed E-state index contributed by atoms with van der Waals surface area (Å²) in [5, 5.41) is 0. The van der Waals surface area contributed by atoms with Crippen LogP contribution in [0.1, 0.15) is 91.9 Å². The van der Waals surface area contributed by atoms with Crippen LogP contribution >= 0.6 is 0 Å². The Kier molecular flexibility index (Phi) is 14.6. The van der Waals surface area contributed by atoms with Crippen molar-refractivity contribution in [2.45, 2.75) is 91.9 Å². The summed E-state index contributed by atoms with van der Waals surface area (Å²) in [6.07, 6.45) is 6.86. The summed E-state index contributed by atoms with van der Waals surface area (Å²) in [4.78, 5) is 38.6. The van der Waals surface area contributed by atoms with E-state index in [2.05, 4.69) is 0 Å². The van der Waals surface area contributed by atoms with E-state index >= 15 is 0 Å². The summed E-state index contributed by atoms with van der Waals surface area (Å²) in [5.41, 5.74) is -2.01. The molecule has 0 aromatic carbocycles. The van der Waals surface area contributed by atoms with Gasteiger partial charge in [0, 0.05) is 0 Å². The summed E-state index contributed by atoms with van der Waals surface area (Å²) in [6, 6.07) is 0. The van der Waals surface area contributed by atoms with Gasteiger partial charge in [-0.25, -0.2) is 0 Å². The van der Waals surface area contributed by atoms with Gasteiger partial charge in [0.1, 0.15) is 0 Å². The maximum Gasteiger partial charge on any atom is 0.335 e. The maximum absolute atomic E-state index is 12.9. The SMILES string of the molecule is CCCCCC(C(=O)OCCCC)(C(=O)OCCCC)C(=O)OCCCC. The van der Waals surface area contributed by atoms with E-state index in [1.165, 1.54) is 0 Å². The normalized spacial score (nSPS) is 11.1. The molecule has 0 fully saturated rings. The van der Waals surface area contributed by atoms with Crippen LogP contribution in [0.2, 0.25) is 0 Å². The summed E-state index contributed by atoms with van der Waals surface area (Å²) in [6.45, 7) is 8.46. The molecule has 0 saturated heterocycles. The topological polar surface area (TPSA) is 78.9 Å². The maximum atomic E-state index is 12.9. The molecule has 6 nitrogen and oxygen atoms in total. The van der Waals surface area contributed by atoms with E-state index < -0.39 is 23.3 Å². The van der Waals surface area contributed by atoms with Crippen molar-refractivity contribution in [3.05, 3.63) is 0 Å². The molecule has 0 aliphatic carbocycles. The molecule has 0 saturated carbocycles. The van der Waals surface area contributed by atoms with Gasteiger partial charge in [-0.15, -0.1) is 0 Å². The van der Waals surface area contributed by atoms with Crippen molar-refractivity contribution in [3.8, 4) is 0 Å². The highest BCUT2D eigenvalue weighted by atomic mass is 16.6. The molecular formula is C21H38O6. The van der Waals surface area contributed by atoms with Crippen molar-refractivity contribution in [3.63, 3.8) is 0 Å². The van der Waals surface area contributed by atoms with Crippen LogP contribution in [0.5, 0.6) is 0 Å². The predicted molar refractivity (Wildman–Crippen MR) is 104 cm³/mol. The third-order valence-electron chi connectivity index (χ3n) is 4.39. The van der Waals surface area contributed by atoms with Crippen LogP contribution < -0.4 is 0 Å². The monoisotopic (exact) mass is 386 g/mol. The second kappa shape index (κ2) is 15.5. The Hall–Kier alpha value is -1.59. The third kappa shape index (κ3) is 8.76. The van der Waals surface area contributed by atoms with Crippen LogP contribution in [0.4, 0.5) is 0 Å². The van der Waals surface area contributed by atoms with Gasteiger partial charge in [0.05, 0.1) is 19.8 Å². The van der Waals surface area contributed by atoms with E-state index in [0.29, 0.717) is 25.7 Å². The van der Waals surface area contributed by atoms with Crippen LogP contribution in [-0.4, -0.2) is 37.7 Å². The molecule has 0 heterocycles. The molecule has 0 aromatic heterocycles. The average molecular weight is 387 g/mol. The molecule has 0 radical (unpaired) electrons. The first-order chi connectivity index (χ1) is 13.0. The summed E-state index contributed by atoms with van der Waals surface area (Å²) in [7, 11) is 0. The number of ether oxygens (including phenoxy) is 3. The highest BCUT2D eigenvalue weighted by Gasteiger charge is 2.56. The quantitative estimate of drug-likeness (QED) is 0.167. The van der Waals surface area contributed by atoms with E-state index in [1.54, 1.807) is 0 Å². The molecular weight excluding hydrogens is 348 g/mol. The number of hydrogen-bond acceptors (Lipinski definition) is 6. The van der Waals surface area contributed by atoms with Crippen molar-refractivity contribution >= 4 is 17.9 Å². The van der Waals surface area contributed by atoms with Gasteiger partial charge in [-0.3, -0.25) is 14.4 Å². The van der Waals surface area contributed by atoms with Crippen LogP contribution in [-0.2, 0) is 28.6 Å². The fourth-order valence-corrected chi connectivity index (χ4v) is 2.49. The van der Waals surface area contributed by atoms with Gasteiger partial charge in [-0.1, -0.05) is 66.2 Å². The van der Waals surface area contributed by atoms with Crippen LogP contribution in [0.25, 0.3) is 0 Å². The van der Waals surface area contributed by atoms with E-state index in [4.69, 9.17) is 14.2 Å². The van der Waals surface area contributed by atoms with Crippen LogP contribution in [0.3, 0.4) is 0 Å². The number of rotatable bonds is 16. The van der Waals surface area contributed by atoms with E-state index in [9.17, 15) is 14.4 Å². The molecule has 0 rings (SSSR count). The fraction of sp³-hybridized carbons (Fsp3) is 0.857. The Bertz CT molecular complexity index is 377. The third-order valence-corrected chi connectivity index (χ3v) is 4.39. The van der Waals surface area contributed by atoms with Gasteiger partial charge < -0.3 is 14.2 Å². The Morgan fingerprint density at radius 3 is 1.19 bits per heavy atom. The number of carbonyl (C=O) groups is 3. The van der Waals surface area contributed by atoms with Gasteiger partial charge in [0.2, 0.25) is 0 Å². The first kappa shape index (κ1) is 25.4. The van der Waals surface area contributed by atoms with Crippen molar-refractivity contribution in [2.75, 3.05) is 19.8 Å². The van der Waals surface area contributed by atoms with Crippen molar-refractivity contribution < 1.29 is 28.6 Å². The van der Waals surface area contributed by atoms with Crippen LogP contribution in [0, 0.1) is 5.41 Å². The van der Waals surface area contributed by atoms with E-state index in [0.717, 1.165) is 32.1 Å². The molecule has 0 spiro atoms.